The number of fused-ring (bicyclic) bond motifs is 1. The summed E-state index contributed by atoms with van der Waals surface area (Å²) in [4.78, 5) is 30.8. The third kappa shape index (κ3) is 3.24. The highest BCUT2D eigenvalue weighted by molar-refractivity contribution is 5.98. The van der Waals surface area contributed by atoms with Gasteiger partial charge in [-0.25, -0.2) is 0 Å². The maximum absolute atomic E-state index is 12.8. The Labute approximate surface area is 137 Å². The molecule has 3 rings (SSSR count). The molecule has 5 heteroatoms. The molecule has 124 valence electrons. The summed E-state index contributed by atoms with van der Waals surface area (Å²) in [6.07, 6.45) is 2.37. The summed E-state index contributed by atoms with van der Waals surface area (Å²) in [5.74, 6) is 0.266. The van der Waals surface area contributed by atoms with Gasteiger partial charge in [-0.05, 0) is 50.2 Å². The number of rotatable bonds is 2. The summed E-state index contributed by atoms with van der Waals surface area (Å²) in [5, 5.41) is 0. The summed E-state index contributed by atoms with van der Waals surface area (Å²) in [6, 6.07) is 5.79. The Morgan fingerprint density at radius 1 is 1.09 bits per heavy atom. The van der Waals surface area contributed by atoms with Gasteiger partial charge in [0.2, 0.25) is 5.91 Å². The van der Waals surface area contributed by atoms with Crippen molar-refractivity contribution in [1.29, 1.82) is 0 Å². The molecule has 0 saturated carbocycles. The molecular weight excluding hydrogens is 290 g/mol. The Balaban J connectivity index is 1.77. The number of nitrogens with zero attached hydrogens (tertiary/aromatic N) is 3. The molecule has 0 bridgehead atoms. The molecule has 2 amide bonds. The van der Waals surface area contributed by atoms with E-state index in [9.17, 15) is 9.59 Å². The van der Waals surface area contributed by atoms with E-state index in [1.54, 1.807) is 0 Å². The Bertz CT molecular complexity index is 614. The maximum Gasteiger partial charge on any atom is 0.253 e. The summed E-state index contributed by atoms with van der Waals surface area (Å²) in [5.41, 5.74) is 2.84. The van der Waals surface area contributed by atoms with Crippen LogP contribution in [0.4, 0.5) is 5.69 Å². The van der Waals surface area contributed by atoms with Gasteiger partial charge in [0.25, 0.3) is 5.91 Å². The number of hydrogen-bond donors (Lipinski definition) is 0. The highest BCUT2D eigenvalue weighted by atomic mass is 16.2. The molecule has 2 aliphatic rings. The molecule has 0 unspecified atom stereocenters. The third-order valence-electron chi connectivity index (χ3n) is 4.83. The minimum Gasteiger partial charge on any atom is -0.337 e. The van der Waals surface area contributed by atoms with Crippen LogP contribution < -0.4 is 4.90 Å². The lowest BCUT2D eigenvalue weighted by molar-refractivity contribution is -0.118. The molecule has 0 atom stereocenters. The van der Waals surface area contributed by atoms with Gasteiger partial charge >= 0.3 is 0 Å². The average Bonchev–Trinajstić information content (AvgIpc) is 2.87. The van der Waals surface area contributed by atoms with Crippen LogP contribution in [0, 0.1) is 0 Å². The number of anilines is 1. The molecule has 1 aromatic carbocycles. The van der Waals surface area contributed by atoms with Crippen LogP contribution in [-0.2, 0) is 11.2 Å². The topological polar surface area (TPSA) is 43.9 Å². The molecule has 0 spiro atoms. The van der Waals surface area contributed by atoms with Crippen LogP contribution in [0.5, 0.6) is 0 Å². The first-order valence-electron chi connectivity index (χ1n) is 8.51. The Hall–Kier alpha value is -1.88. The van der Waals surface area contributed by atoms with Gasteiger partial charge in [-0.3, -0.25) is 9.59 Å². The number of benzene rings is 1. The average molecular weight is 315 g/mol. The van der Waals surface area contributed by atoms with E-state index in [0.29, 0.717) is 6.42 Å². The fourth-order valence-corrected chi connectivity index (χ4v) is 3.42. The van der Waals surface area contributed by atoms with Gasteiger partial charge in [0, 0.05) is 43.9 Å². The van der Waals surface area contributed by atoms with Crippen LogP contribution in [0.1, 0.15) is 35.7 Å². The molecule has 1 fully saturated rings. The number of carbonyl (C=O) groups is 2. The Kier molecular flexibility index (Phi) is 4.66. The summed E-state index contributed by atoms with van der Waals surface area (Å²) >= 11 is 0. The second-order valence-electron chi connectivity index (χ2n) is 6.44. The first-order valence-corrected chi connectivity index (χ1v) is 8.51. The standard InChI is InChI=1S/C18H25N3O2/c1-3-17(22)21-10-7-14-13-15(5-6-16(14)21)18(23)20-9-4-8-19(2)11-12-20/h5-6,13H,3-4,7-12H2,1-2H3. The van der Waals surface area contributed by atoms with Gasteiger partial charge in [-0.15, -0.1) is 0 Å². The lowest BCUT2D eigenvalue weighted by atomic mass is 10.1. The van der Waals surface area contributed by atoms with Crippen molar-refractivity contribution in [2.24, 2.45) is 0 Å². The van der Waals surface area contributed by atoms with E-state index in [-0.39, 0.29) is 11.8 Å². The van der Waals surface area contributed by atoms with Crippen molar-refractivity contribution in [1.82, 2.24) is 9.80 Å². The zero-order valence-corrected chi connectivity index (χ0v) is 14.0. The summed E-state index contributed by atoms with van der Waals surface area (Å²) < 4.78 is 0. The van der Waals surface area contributed by atoms with E-state index < -0.39 is 0 Å². The predicted octanol–water partition coefficient (Wildman–Crippen LogP) is 1.76. The van der Waals surface area contributed by atoms with Gasteiger partial charge in [0.1, 0.15) is 0 Å². The molecule has 0 radical (unpaired) electrons. The summed E-state index contributed by atoms with van der Waals surface area (Å²) in [7, 11) is 2.10. The van der Waals surface area contributed by atoms with E-state index >= 15 is 0 Å². The first kappa shape index (κ1) is 16.0. The predicted molar refractivity (Wildman–Crippen MR) is 90.8 cm³/mol. The van der Waals surface area contributed by atoms with Crippen molar-refractivity contribution < 1.29 is 9.59 Å². The molecular formula is C18H25N3O2. The normalized spacial score (nSPS) is 18.7. The molecule has 1 saturated heterocycles. The Morgan fingerprint density at radius 3 is 2.70 bits per heavy atom. The molecule has 5 nitrogen and oxygen atoms in total. The van der Waals surface area contributed by atoms with Crippen molar-refractivity contribution in [3.05, 3.63) is 29.3 Å². The van der Waals surface area contributed by atoms with Crippen LogP contribution >= 0.6 is 0 Å². The monoisotopic (exact) mass is 315 g/mol. The largest absolute Gasteiger partial charge is 0.337 e. The number of hydrogen-bond acceptors (Lipinski definition) is 3. The zero-order valence-electron chi connectivity index (χ0n) is 14.0. The Morgan fingerprint density at radius 2 is 1.91 bits per heavy atom. The number of amides is 2. The second-order valence-corrected chi connectivity index (χ2v) is 6.44. The fourth-order valence-electron chi connectivity index (χ4n) is 3.42. The smallest absolute Gasteiger partial charge is 0.253 e. The SMILES string of the molecule is CCC(=O)N1CCc2cc(C(=O)N3CCCN(C)CC3)ccc21. The first-order chi connectivity index (χ1) is 11.1. The van der Waals surface area contributed by atoms with Gasteiger partial charge in [-0.2, -0.15) is 0 Å². The second kappa shape index (κ2) is 6.71. The zero-order chi connectivity index (χ0) is 16.4. The molecule has 23 heavy (non-hydrogen) atoms. The quantitative estimate of drug-likeness (QED) is 0.835. The van der Waals surface area contributed by atoms with Crippen LogP contribution in [-0.4, -0.2) is 61.4 Å². The molecule has 0 aromatic heterocycles. The van der Waals surface area contributed by atoms with Crippen LogP contribution in [0.2, 0.25) is 0 Å². The molecule has 0 aliphatic carbocycles. The summed E-state index contributed by atoms with van der Waals surface area (Å²) in [6.45, 7) is 6.19. The highest BCUT2D eigenvalue weighted by Gasteiger charge is 2.25. The van der Waals surface area contributed by atoms with Gasteiger partial charge in [-0.1, -0.05) is 6.92 Å². The van der Waals surface area contributed by atoms with Crippen LogP contribution in [0.3, 0.4) is 0 Å². The third-order valence-corrected chi connectivity index (χ3v) is 4.83. The van der Waals surface area contributed by atoms with E-state index in [1.165, 1.54) is 0 Å². The van der Waals surface area contributed by atoms with Gasteiger partial charge in [0.05, 0.1) is 0 Å². The van der Waals surface area contributed by atoms with E-state index in [1.807, 2.05) is 34.9 Å². The van der Waals surface area contributed by atoms with Gasteiger partial charge < -0.3 is 14.7 Å². The van der Waals surface area contributed by atoms with Gasteiger partial charge in [0.15, 0.2) is 0 Å². The number of carbonyl (C=O) groups excluding carboxylic acids is 2. The molecule has 1 aromatic rings. The van der Waals surface area contributed by atoms with Crippen molar-refractivity contribution in [3.63, 3.8) is 0 Å². The van der Waals surface area contributed by atoms with Crippen molar-refractivity contribution >= 4 is 17.5 Å². The highest BCUT2D eigenvalue weighted by Crippen LogP contribution is 2.29. The minimum absolute atomic E-state index is 0.114. The van der Waals surface area contributed by atoms with E-state index in [2.05, 4.69) is 11.9 Å². The molecule has 0 N–H and O–H groups in total. The van der Waals surface area contributed by atoms with Crippen molar-refractivity contribution in [2.75, 3.05) is 44.7 Å². The van der Waals surface area contributed by atoms with Crippen LogP contribution in [0.25, 0.3) is 0 Å². The lowest BCUT2D eigenvalue weighted by Gasteiger charge is -2.21. The molecule has 2 heterocycles. The molecule has 2 aliphatic heterocycles. The lowest BCUT2D eigenvalue weighted by Crippen LogP contribution is -2.34. The van der Waals surface area contributed by atoms with E-state index in [0.717, 1.165) is 62.4 Å². The van der Waals surface area contributed by atoms with Crippen molar-refractivity contribution in [3.8, 4) is 0 Å². The minimum atomic E-state index is 0.114. The van der Waals surface area contributed by atoms with E-state index in [4.69, 9.17) is 0 Å². The maximum atomic E-state index is 12.8. The number of likely N-dealkylation sites (N-methyl/N-ethyl adjacent to an activating group) is 1. The van der Waals surface area contributed by atoms with Crippen LogP contribution in [0.15, 0.2) is 18.2 Å². The fraction of sp³-hybridized carbons (Fsp3) is 0.556. The van der Waals surface area contributed by atoms with Crippen molar-refractivity contribution in [2.45, 2.75) is 26.2 Å².